The van der Waals surface area contributed by atoms with Gasteiger partial charge >= 0.3 is 0 Å². The van der Waals surface area contributed by atoms with Crippen LogP contribution in [0.2, 0.25) is 0 Å². The summed E-state index contributed by atoms with van der Waals surface area (Å²) in [6.45, 7) is 0. The summed E-state index contributed by atoms with van der Waals surface area (Å²) < 4.78 is 19.7. The van der Waals surface area contributed by atoms with Crippen molar-refractivity contribution < 1.29 is 13.9 Å². The molecule has 0 aliphatic rings. The van der Waals surface area contributed by atoms with Crippen molar-refractivity contribution in [3.05, 3.63) is 64.6 Å². The molecule has 2 aromatic carbocycles. The van der Waals surface area contributed by atoms with Crippen LogP contribution in [0.5, 0.6) is 0 Å². The quantitative estimate of drug-likeness (QED) is 0.647. The van der Waals surface area contributed by atoms with Crippen LogP contribution in [0.25, 0.3) is 11.0 Å². The average Bonchev–Trinajstić information content (AvgIpc) is 2.89. The number of hydrogen-bond donors (Lipinski definition) is 1. The number of thioether (sulfide) groups is 1. The Kier molecular flexibility index (Phi) is 4.33. The molecule has 0 saturated carbocycles. The van der Waals surface area contributed by atoms with E-state index in [9.17, 15) is 9.50 Å². The van der Waals surface area contributed by atoms with Crippen molar-refractivity contribution in [3.8, 4) is 0 Å². The topological polar surface area (TPSA) is 33.4 Å². The molecule has 2 nitrogen and oxygen atoms in total. The second-order valence-electron chi connectivity index (χ2n) is 4.59. The van der Waals surface area contributed by atoms with Crippen molar-refractivity contribution in [2.24, 2.45) is 0 Å². The average molecular weight is 367 g/mol. The van der Waals surface area contributed by atoms with E-state index in [-0.39, 0.29) is 5.82 Å². The molecule has 3 aromatic rings. The molecule has 108 valence electrons. The second kappa shape index (κ2) is 6.22. The Hall–Kier alpha value is -1.30. The van der Waals surface area contributed by atoms with Crippen molar-refractivity contribution >= 4 is 38.7 Å². The van der Waals surface area contributed by atoms with E-state index in [1.165, 1.54) is 23.9 Å². The number of furan rings is 1. The van der Waals surface area contributed by atoms with Gasteiger partial charge in [0.05, 0.1) is 0 Å². The van der Waals surface area contributed by atoms with Gasteiger partial charge in [-0.05, 0) is 52.3 Å². The molecular formula is C16H12BrFO2S. The number of rotatable bonds is 4. The van der Waals surface area contributed by atoms with Crippen molar-refractivity contribution in [3.63, 3.8) is 0 Å². The molecule has 0 radical (unpaired) electrons. The van der Waals surface area contributed by atoms with Gasteiger partial charge in [0, 0.05) is 20.5 Å². The predicted octanol–water partition coefficient (Wildman–Crippen LogP) is 5.16. The molecule has 1 aromatic heterocycles. The lowest BCUT2D eigenvalue weighted by atomic mass is 10.2. The lowest BCUT2D eigenvalue weighted by molar-refractivity contribution is 0.177. The van der Waals surface area contributed by atoms with Gasteiger partial charge < -0.3 is 9.52 Å². The van der Waals surface area contributed by atoms with Crippen LogP contribution in [0.15, 0.2) is 62.3 Å². The number of aliphatic hydroxyl groups is 1. The van der Waals surface area contributed by atoms with Gasteiger partial charge in [-0.2, -0.15) is 0 Å². The molecule has 0 aliphatic carbocycles. The van der Waals surface area contributed by atoms with Crippen LogP contribution in [-0.4, -0.2) is 10.9 Å². The summed E-state index contributed by atoms with van der Waals surface area (Å²) in [5.41, 5.74) is 0.580. The van der Waals surface area contributed by atoms with E-state index in [2.05, 4.69) is 15.9 Å². The molecule has 1 atom stereocenters. The van der Waals surface area contributed by atoms with Crippen LogP contribution in [0.1, 0.15) is 11.9 Å². The Morgan fingerprint density at radius 1 is 1.19 bits per heavy atom. The third-order valence-corrected chi connectivity index (χ3v) is 5.16. The lowest BCUT2D eigenvalue weighted by Gasteiger charge is -2.08. The number of fused-ring (bicyclic) bond motifs is 1. The normalized spacial score (nSPS) is 12.7. The van der Waals surface area contributed by atoms with E-state index in [1.807, 2.05) is 24.3 Å². The molecule has 0 saturated heterocycles. The Balaban J connectivity index is 1.75. The Labute approximate surface area is 134 Å². The molecule has 3 rings (SSSR count). The second-order valence-corrected chi connectivity index (χ2v) is 6.50. The molecule has 0 spiro atoms. The number of benzene rings is 2. The zero-order valence-electron chi connectivity index (χ0n) is 10.9. The minimum atomic E-state index is -0.738. The van der Waals surface area contributed by atoms with Gasteiger partial charge in [-0.3, -0.25) is 0 Å². The Bertz CT molecular complexity index is 772. The van der Waals surface area contributed by atoms with Crippen LogP contribution in [-0.2, 0) is 0 Å². The predicted molar refractivity (Wildman–Crippen MR) is 86.0 cm³/mol. The molecule has 0 amide bonds. The lowest BCUT2D eigenvalue weighted by Crippen LogP contribution is -1.98. The SMILES string of the molecule is OC(CSc1ccccc1Br)c1cc2cc(F)ccc2o1. The number of halogens is 2. The fourth-order valence-electron chi connectivity index (χ4n) is 2.01. The zero-order chi connectivity index (χ0) is 14.8. The van der Waals surface area contributed by atoms with Gasteiger partial charge in [-0.15, -0.1) is 11.8 Å². The minimum Gasteiger partial charge on any atom is -0.458 e. The van der Waals surface area contributed by atoms with Crippen LogP contribution in [0, 0.1) is 5.82 Å². The van der Waals surface area contributed by atoms with Crippen LogP contribution in [0.3, 0.4) is 0 Å². The molecular weight excluding hydrogens is 355 g/mol. The Morgan fingerprint density at radius 2 is 2.00 bits per heavy atom. The van der Waals surface area contributed by atoms with Crippen molar-refractivity contribution in [1.82, 2.24) is 0 Å². The molecule has 5 heteroatoms. The largest absolute Gasteiger partial charge is 0.458 e. The summed E-state index contributed by atoms with van der Waals surface area (Å²) in [7, 11) is 0. The monoisotopic (exact) mass is 366 g/mol. The molecule has 1 unspecified atom stereocenters. The number of aliphatic hydroxyl groups excluding tert-OH is 1. The summed E-state index contributed by atoms with van der Waals surface area (Å²) in [6.07, 6.45) is -0.738. The molecule has 0 bridgehead atoms. The van der Waals surface area contributed by atoms with E-state index in [4.69, 9.17) is 4.42 Å². The standard InChI is InChI=1S/C16H12BrFO2S/c17-12-3-1-2-4-16(12)21-9-13(19)15-8-10-7-11(18)5-6-14(10)20-15/h1-8,13,19H,9H2. The third-order valence-electron chi connectivity index (χ3n) is 3.06. The van der Waals surface area contributed by atoms with Gasteiger partial charge in [0.15, 0.2) is 0 Å². The number of hydrogen-bond acceptors (Lipinski definition) is 3. The van der Waals surface area contributed by atoms with Gasteiger partial charge in [0.2, 0.25) is 0 Å². The van der Waals surface area contributed by atoms with E-state index >= 15 is 0 Å². The molecule has 21 heavy (non-hydrogen) atoms. The van der Waals surface area contributed by atoms with E-state index in [0.29, 0.717) is 22.5 Å². The van der Waals surface area contributed by atoms with Crippen molar-refractivity contribution in [1.29, 1.82) is 0 Å². The summed E-state index contributed by atoms with van der Waals surface area (Å²) >= 11 is 5.00. The highest BCUT2D eigenvalue weighted by Crippen LogP contribution is 2.32. The van der Waals surface area contributed by atoms with Crippen LogP contribution >= 0.6 is 27.7 Å². The fourth-order valence-corrected chi connectivity index (χ4v) is 3.52. The first-order chi connectivity index (χ1) is 10.1. The van der Waals surface area contributed by atoms with Gasteiger partial charge in [0.25, 0.3) is 0 Å². The van der Waals surface area contributed by atoms with Crippen molar-refractivity contribution in [2.45, 2.75) is 11.0 Å². The highest BCUT2D eigenvalue weighted by Gasteiger charge is 2.15. The van der Waals surface area contributed by atoms with Crippen LogP contribution in [0.4, 0.5) is 4.39 Å². The summed E-state index contributed by atoms with van der Waals surface area (Å²) in [5.74, 6) is 0.604. The molecule has 1 N–H and O–H groups in total. The maximum Gasteiger partial charge on any atom is 0.134 e. The van der Waals surface area contributed by atoms with Gasteiger partial charge in [-0.1, -0.05) is 12.1 Å². The van der Waals surface area contributed by atoms with Gasteiger partial charge in [0.1, 0.15) is 23.3 Å². The molecule has 1 heterocycles. The highest BCUT2D eigenvalue weighted by molar-refractivity contribution is 9.10. The summed E-state index contributed by atoms with van der Waals surface area (Å²) in [6, 6.07) is 13.8. The Morgan fingerprint density at radius 3 is 2.81 bits per heavy atom. The van der Waals surface area contributed by atoms with Gasteiger partial charge in [-0.25, -0.2) is 4.39 Å². The highest BCUT2D eigenvalue weighted by atomic mass is 79.9. The third kappa shape index (κ3) is 3.31. The molecule has 0 fully saturated rings. The van der Waals surface area contributed by atoms with Crippen molar-refractivity contribution in [2.75, 3.05) is 5.75 Å². The van der Waals surface area contributed by atoms with E-state index in [1.54, 1.807) is 12.1 Å². The van der Waals surface area contributed by atoms with Crippen LogP contribution < -0.4 is 0 Å². The fraction of sp³-hybridized carbons (Fsp3) is 0.125. The summed E-state index contributed by atoms with van der Waals surface area (Å²) in [5, 5.41) is 10.9. The first kappa shape index (κ1) is 14.6. The maximum absolute atomic E-state index is 13.1. The van der Waals surface area contributed by atoms with E-state index < -0.39 is 6.10 Å². The summed E-state index contributed by atoms with van der Waals surface area (Å²) in [4.78, 5) is 1.05. The smallest absolute Gasteiger partial charge is 0.134 e. The molecule has 0 aliphatic heterocycles. The first-order valence-corrected chi connectivity index (χ1v) is 8.16. The minimum absolute atomic E-state index is 0.313. The zero-order valence-corrected chi connectivity index (χ0v) is 13.3. The van der Waals surface area contributed by atoms with E-state index in [0.717, 1.165) is 9.37 Å². The first-order valence-electron chi connectivity index (χ1n) is 6.38. The maximum atomic E-state index is 13.1.